The number of carbonyl (C=O) groups is 1. The summed E-state index contributed by atoms with van der Waals surface area (Å²) < 4.78 is 14.3. The van der Waals surface area contributed by atoms with Crippen molar-refractivity contribution in [3.8, 4) is 0 Å². The van der Waals surface area contributed by atoms with Gasteiger partial charge in [0.2, 0.25) is 0 Å². The van der Waals surface area contributed by atoms with Gasteiger partial charge in [0, 0.05) is 31.6 Å². The van der Waals surface area contributed by atoms with Crippen LogP contribution in [0.25, 0.3) is 0 Å². The summed E-state index contributed by atoms with van der Waals surface area (Å²) in [5, 5.41) is 10.7. The number of hydrogen-bond donors (Lipinski definition) is 3. The Morgan fingerprint density at radius 2 is 2.08 bits per heavy atom. The average Bonchev–Trinajstić information content (AvgIpc) is 2.70. The molecule has 0 bridgehead atoms. The van der Waals surface area contributed by atoms with E-state index in [2.05, 4.69) is 27.2 Å². The number of benzene rings is 2. The van der Waals surface area contributed by atoms with Crippen LogP contribution in [0.1, 0.15) is 27.0 Å². The van der Waals surface area contributed by atoms with Gasteiger partial charge in [-0.2, -0.15) is 5.10 Å². The van der Waals surface area contributed by atoms with E-state index in [1.54, 1.807) is 12.1 Å². The molecule has 4 rings (SSSR count). The summed E-state index contributed by atoms with van der Waals surface area (Å²) in [5.41, 5.74) is 7.24. The van der Waals surface area contributed by atoms with Gasteiger partial charge < -0.3 is 16.1 Å². The van der Waals surface area contributed by atoms with Gasteiger partial charge in [-0.25, -0.2) is 4.39 Å². The highest BCUT2D eigenvalue weighted by Gasteiger charge is 2.24. The second kappa shape index (κ2) is 7.35. The molecule has 2 aliphatic heterocycles. The van der Waals surface area contributed by atoms with E-state index < -0.39 is 5.82 Å². The Morgan fingerprint density at radius 1 is 1.19 bits per heavy atom. The summed E-state index contributed by atoms with van der Waals surface area (Å²) >= 11 is 0. The number of fused-ring (bicyclic) bond motifs is 1. The zero-order chi connectivity index (χ0) is 17.9. The van der Waals surface area contributed by atoms with Gasteiger partial charge in [-0.3, -0.25) is 4.79 Å². The normalized spacial score (nSPS) is 19.3. The predicted molar refractivity (Wildman–Crippen MR) is 98.9 cm³/mol. The number of nitrogens with zero attached hydrogens (tertiary/aromatic N) is 1. The zero-order valence-electron chi connectivity index (χ0n) is 14.4. The van der Waals surface area contributed by atoms with Gasteiger partial charge in [0.15, 0.2) is 5.78 Å². The number of hydrogen-bond acceptors (Lipinski definition) is 5. The standard InChI is InChI=1S/C20H21FN4O/c21-17-6-5-13(9-16(17)20(26)19-12-22-7-8-23-19)10-18-15-4-2-1-3-14(15)11-24-25-18/h1-6,9,19,22-24H,7-8,10-12H2. The van der Waals surface area contributed by atoms with Crippen LogP contribution >= 0.6 is 0 Å². The third-order valence-electron chi connectivity index (χ3n) is 4.84. The van der Waals surface area contributed by atoms with Crippen molar-refractivity contribution in [2.24, 2.45) is 5.10 Å². The molecule has 2 heterocycles. The van der Waals surface area contributed by atoms with Crippen LogP contribution in [-0.2, 0) is 13.0 Å². The van der Waals surface area contributed by atoms with E-state index in [-0.39, 0.29) is 17.4 Å². The molecular weight excluding hydrogens is 331 g/mol. The maximum absolute atomic E-state index is 14.3. The molecule has 0 aromatic heterocycles. The number of hydrazone groups is 1. The summed E-state index contributed by atoms with van der Waals surface area (Å²) in [6.45, 7) is 2.75. The molecule has 1 atom stereocenters. The van der Waals surface area contributed by atoms with E-state index in [4.69, 9.17) is 0 Å². The molecule has 1 unspecified atom stereocenters. The highest BCUT2D eigenvalue weighted by atomic mass is 19.1. The molecule has 6 heteroatoms. The van der Waals surface area contributed by atoms with Crippen molar-refractivity contribution < 1.29 is 9.18 Å². The van der Waals surface area contributed by atoms with Crippen molar-refractivity contribution in [2.75, 3.05) is 19.6 Å². The number of carbonyl (C=O) groups excluding carboxylic acids is 1. The molecule has 0 spiro atoms. The lowest BCUT2D eigenvalue weighted by Gasteiger charge is -2.23. The van der Waals surface area contributed by atoms with Crippen molar-refractivity contribution in [3.63, 3.8) is 0 Å². The SMILES string of the molecule is O=C(c1cc(CC2=NNCc3ccccc32)ccc1F)C1CNCCN1. The van der Waals surface area contributed by atoms with Crippen LogP contribution in [0.3, 0.4) is 0 Å². The van der Waals surface area contributed by atoms with Gasteiger partial charge in [-0.05, 0) is 23.3 Å². The zero-order valence-corrected chi connectivity index (χ0v) is 14.4. The maximum Gasteiger partial charge on any atom is 0.183 e. The van der Waals surface area contributed by atoms with Crippen LogP contribution in [0.4, 0.5) is 4.39 Å². The van der Waals surface area contributed by atoms with Crippen molar-refractivity contribution in [3.05, 3.63) is 70.5 Å². The third kappa shape index (κ3) is 3.38. The Labute approximate surface area is 151 Å². The summed E-state index contributed by atoms with van der Waals surface area (Å²) in [7, 11) is 0. The largest absolute Gasteiger partial charge is 0.313 e. The molecule has 0 aliphatic carbocycles. The molecule has 1 fully saturated rings. The minimum atomic E-state index is -0.477. The number of Topliss-reactive ketones (excluding diaryl/α,β-unsaturated/α-hetero) is 1. The average molecular weight is 352 g/mol. The van der Waals surface area contributed by atoms with Crippen LogP contribution in [0.5, 0.6) is 0 Å². The van der Waals surface area contributed by atoms with Crippen LogP contribution in [-0.4, -0.2) is 37.2 Å². The lowest BCUT2D eigenvalue weighted by molar-refractivity contribution is 0.0930. The first kappa shape index (κ1) is 16.9. The highest BCUT2D eigenvalue weighted by molar-refractivity contribution is 6.04. The minimum Gasteiger partial charge on any atom is -0.313 e. The van der Waals surface area contributed by atoms with Crippen molar-refractivity contribution in [1.82, 2.24) is 16.1 Å². The fourth-order valence-corrected chi connectivity index (χ4v) is 3.46. The Kier molecular flexibility index (Phi) is 4.77. The van der Waals surface area contributed by atoms with Gasteiger partial charge in [0.25, 0.3) is 0 Å². The fraction of sp³-hybridized carbons (Fsp3) is 0.300. The van der Waals surface area contributed by atoms with E-state index in [9.17, 15) is 9.18 Å². The first-order chi connectivity index (χ1) is 12.7. The summed E-state index contributed by atoms with van der Waals surface area (Å²) in [4.78, 5) is 12.7. The Bertz CT molecular complexity index is 859. The molecule has 0 amide bonds. The molecular formula is C20H21FN4O. The van der Waals surface area contributed by atoms with Crippen molar-refractivity contribution in [2.45, 2.75) is 19.0 Å². The summed E-state index contributed by atoms with van der Waals surface area (Å²) in [6.07, 6.45) is 0.543. The molecule has 2 aromatic rings. The first-order valence-corrected chi connectivity index (χ1v) is 8.87. The summed E-state index contributed by atoms with van der Waals surface area (Å²) in [6, 6.07) is 12.5. The summed E-state index contributed by atoms with van der Waals surface area (Å²) in [5.74, 6) is -0.684. The van der Waals surface area contributed by atoms with E-state index >= 15 is 0 Å². The maximum atomic E-state index is 14.3. The second-order valence-corrected chi connectivity index (χ2v) is 6.62. The lowest BCUT2D eigenvalue weighted by Crippen LogP contribution is -2.52. The minimum absolute atomic E-state index is 0.140. The lowest BCUT2D eigenvalue weighted by atomic mass is 9.94. The van der Waals surface area contributed by atoms with Gasteiger partial charge in [0.05, 0.1) is 23.9 Å². The molecule has 26 heavy (non-hydrogen) atoms. The van der Waals surface area contributed by atoms with E-state index in [0.717, 1.165) is 23.4 Å². The third-order valence-corrected chi connectivity index (χ3v) is 4.84. The topological polar surface area (TPSA) is 65.5 Å². The van der Waals surface area contributed by atoms with Gasteiger partial charge >= 0.3 is 0 Å². The highest BCUT2D eigenvalue weighted by Crippen LogP contribution is 2.19. The molecule has 3 N–H and O–H groups in total. The molecule has 0 saturated carbocycles. The Morgan fingerprint density at radius 3 is 2.92 bits per heavy atom. The van der Waals surface area contributed by atoms with E-state index in [0.29, 0.717) is 26.1 Å². The van der Waals surface area contributed by atoms with E-state index in [1.165, 1.54) is 11.6 Å². The van der Waals surface area contributed by atoms with E-state index in [1.807, 2.05) is 18.2 Å². The quantitative estimate of drug-likeness (QED) is 0.732. The molecule has 5 nitrogen and oxygen atoms in total. The first-order valence-electron chi connectivity index (χ1n) is 8.87. The monoisotopic (exact) mass is 352 g/mol. The Hall–Kier alpha value is -2.57. The van der Waals surface area contributed by atoms with Gasteiger partial charge in [-0.15, -0.1) is 0 Å². The molecule has 134 valence electrons. The predicted octanol–water partition coefficient (Wildman–Crippen LogP) is 1.62. The van der Waals surface area contributed by atoms with Crippen LogP contribution < -0.4 is 16.1 Å². The molecule has 0 radical (unpaired) electrons. The number of halogens is 1. The molecule has 2 aliphatic rings. The van der Waals surface area contributed by atoms with Gasteiger partial charge in [-0.1, -0.05) is 30.3 Å². The number of ketones is 1. The van der Waals surface area contributed by atoms with Crippen molar-refractivity contribution >= 4 is 11.5 Å². The van der Waals surface area contributed by atoms with Gasteiger partial charge in [0.1, 0.15) is 5.82 Å². The van der Waals surface area contributed by atoms with Crippen LogP contribution in [0.2, 0.25) is 0 Å². The Balaban J connectivity index is 1.58. The number of rotatable bonds is 4. The van der Waals surface area contributed by atoms with Crippen molar-refractivity contribution in [1.29, 1.82) is 0 Å². The fourth-order valence-electron chi connectivity index (χ4n) is 3.46. The van der Waals surface area contributed by atoms with Crippen LogP contribution in [0.15, 0.2) is 47.6 Å². The molecule has 1 saturated heterocycles. The number of nitrogens with one attached hydrogen (secondary N) is 3. The van der Waals surface area contributed by atoms with Crippen LogP contribution in [0, 0.1) is 5.82 Å². The number of piperazine rings is 1. The second-order valence-electron chi connectivity index (χ2n) is 6.62. The smallest absolute Gasteiger partial charge is 0.183 e. The molecule has 2 aromatic carbocycles.